The van der Waals surface area contributed by atoms with Crippen molar-refractivity contribution in [3.05, 3.63) is 53.3 Å². The van der Waals surface area contributed by atoms with Gasteiger partial charge in [-0.05, 0) is 54.7 Å². The van der Waals surface area contributed by atoms with E-state index in [0.717, 1.165) is 18.4 Å². The molecule has 9 heteroatoms. The van der Waals surface area contributed by atoms with Gasteiger partial charge in [0.1, 0.15) is 5.75 Å². The molecule has 1 heterocycles. The lowest BCUT2D eigenvalue weighted by Crippen LogP contribution is -2.47. The summed E-state index contributed by atoms with van der Waals surface area (Å²) in [7, 11) is 1.42. The van der Waals surface area contributed by atoms with Crippen molar-refractivity contribution in [1.29, 1.82) is 0 Å². The van der Waals surface area contributed by atoms with E-state index in [1.807, 2.05) is 0 Å². The van der Waals surface area contributed by atoms with Crippen molar-refractivity contribution in [3.63, 3.8) is 0 Å². The van der Waals surface area contributed by atoms with Gasteiger partial charge in [0.05, 0.1) is 12.7 Å². The third-order valence-electron chi connectivity index (χ3n) is 5.76. The molecule has 1 saturated carbocycles. The quantitative estimate of drug-likeness (QED) is 0.566. The first-order valence-corrected chi connectivity index (χ1v) is 11.2. The van der Waals surface area contributed by atoms with E-state index < -0.39 is 11.9 Å². The van der Waals surface area contributed by atoms with Gasteiger partial charge in [-0.15, -0.1) is 0 Å². The number of benzene rings is 2. The summed E-state index contributed by atoms with van der Waals surface area (Å²) in [5.74, 6) is 0.195. The van der Waals surface area contributed by atoms with Gasteiger partial charge in [0.2, 0.25) is 0 Å². The number of carbonyl (C=O) groups excluding carboxylic acids is 2. The molecule has 3 N–H and O–H groups in total. The summed E-state index contributed by atoms with van der Waals surface area (Å²) >= 11 is 0. The van der Waals surface area contributed by atoms with Gasteiger partial charge in [-0.25, -0.2) is 9.18 Å². The monoisotopic (exact) mass is 456 g/mol. The highest BCUT2D eigenvalue weighted by Gasteiger charge is 2.25. The zero-order valence-electron chi connectivity index (χ0n) is 18.7. The lowest BCUT2D eigenvalue weighted by molar-refractivity contribution is 0.0947. The summed E-state index contributed by atoms with van der Waals surface area (Å²) in [6.45, 7) is 3.48. The van der Waals surface area contributed by atoms with Gasteiger partial charge in [0.25, 0.3) is 5.91 Å². The third kappa shape index (κ3) is 6.13. The molecule has 2 aromatic carbocycles. The maximum atomic E-state index is 14.0. The molecule has 0 bridgehead atoms. The molecule has 4 rings (SSSR count). The zero-order chi connectivity index (χ0) is 23.2. The summed E-state index contributed by atoms with van der Waals surface area (Å²) in [5, 5.41) is 9.31. The number of carbonyl (C=O) groups is 2. The summed E-state index contributed by atoms with van der Waals surface area (Å²) in [5.41, 5.74) is 1.66. The van der Waals surface area contributed by atoms with Gasteiger partial charge in [-0.2, -0.15) is 0 Å². The zero-order valence-corrected chi connectivity index (χ0v) is 18.7. The number of hydrogen-bond donors (Lipinski definition) is 3. The Morgan fingerprint density at radius 3 is 2.58 bits per heavy atom. The van der Waals surface area contributed by atoms with Gasteiger partial charge in [-0.3, -0.25) is 4.79 Å². The number of hydrogen-bond acceptors (Lipinski definition) is 6. The molecular weight excluding hydrogens is 427 g/mol. The summed E-state index contributed by atoms with van der Waals surface area (Å²) in [6.07, 6.45) is 1.76. The molecule has 2 fully saturated rings. The van der Waals surface area contributed by atoms with Crippen molar-refractivity contribution in [3.8, 4) is 11.5 Å². The molecule has 2 amide bonds. The third-order valence-corrected chi connectivity index (χ3v) is 5.76. The number of anilines is 1. The standard InChI is InChI=1S/C24H29FN4O4/c1-32-22-6-4-17(12-20(22)25)15-27-18-5-7-21(33-24(31)29-10-8-26-9-11-29)19(13-18)23(30)28-14-16-2-3-16/h4-7,12-13,16,26-27H,2-3,8-11,14-15H2,1H3,(H,28,30). The molecule has 8 nitrogen and oxygen atoms in total. The lowest BCUT2D eigenvalue weighted by Gasteiger charge is -2.26. The molecule has 1 aliphatic carbocycles. The minimum Gasteiger partial charge on any atom is -0.494 e. The molecule has 0 atom stereocenters. The van der Waals surface area contributed by atoms with Crippen LogP contribution in [0.5, 0.6) is 11.5 Å². The average Bonchev–Trinajstić information content (AvgIpc) is 3.67. The topological polar surface area (TPSA) is 91.9 Å². The molecule has 176 valence electrons. The Balaban J connectivity index is 1.47. The largest absolute Gasteiger partial charge is 0.494 e. The van der Waals surface area contributed by atoms with Crippen LogP contribution in [0.25, 0.3) is 0 Å². The van der Waals surface area contributed by atoms with Crippen molar-refractivity contribution in [2.24, 2.45) is 5.92 Å². The van der Waals surface area contributed by atoms with E-state index in [1.165, 1.54) is 13.2 Å². The lowest BCUT2D eigenvalue weighted by atomic mass is 10.1. The number of piperazine rings is 1. The fourth-order valence-electron chi connectivity index (χ4n) is 3.59. The Kier molecular flexibility index (Phi) is 7.29. The maximum Gasteiger partial charge on any atom is 0.415 e. The van der Waals surface area contributed by atoms with Crippen molar-refractivity contribution in [2.75, 3.05) is 45.2 Å². The molecule has 33 heavy (non-hydrogen) atoms. The van der Waals surface area contributed by atoms with Crippen LogP contribution in [0, 0.1) is 11.7 Å². The minimum absolute atomic E-state index is 0.184. The van der Waals surface area contributed by atoms with E-state index >= 15 is 0 Å². The van der Waals surface area contributed by atoms with E-state index in [0.29, 0.717) is 50.9 Å². The van der Waals surface area contributed by atoms with Crippen LogP contribution in [0.15, 0.2) is 36.4 Å². The van der Waals surface area contributed by atoms with E-state index in [2.05, 4.69) is 16.0 Å². The highest BCUT2D eigenvalue weighted by molar-refractivity contribution is 5.98. The summed E-state index contributed by atoms with van der Waals surface area (Å²) < 4.78 is 24.5. The Morgan fingerprint density at radius 2 is 1.88 bits per heavy atom. The van der Waals surface area contributed by atoms with Gasteiger partial charge in [0.15, 0.2) is 11.6 Å². The van der Waals surface area contributed by atoms with Gasteiger partial charge < -0.3 is 30.3 Å². The fraction of sp³-hybridized carbons (Fsp3) is 0.417. The predicted octanol–water partition coefficient (Wildman–Crippen LogP) is 2.99. The number of rotatable bonds is 8. The first-order valence-electron chi connectivity index (χ1n) is 11.2. The number of halogens is 1. The number of amides is 2. The Bertz CT molecular complexity index is 1010. The Hall–Kier alpha value is -3.33. The molecule has 1 aliphatic heterocycles. The van der Waals surface area contributed by atoms with Crippen LogP contribution in [0.1, 0.15) is 28.8 Å². The van der Waals surface area contributed by atoms with Crippen molar-refractivity contribution < 1.29 is 23.5 Å². The highest BCUT2D eigenvalue weighted by atomic mass is 19.1. The molecule has 1 saturated heterocycles. The van der Waals surface area contributed by atoms with E-state index in [1.54, 1.807) is 35.2 Å². The van der Waals surface area contributed by atoms with Crippen LogP contribution in [0.3, 0.4) is 0 Å². The molecule has 0 spiro atoms. The Labute approximate surface area is 192 Å². The fourth-order valence-corrected chi connectivity index (χ4v) is 3.59. The molecule has 0 aromatic heterocycles. The molecule has 2 aromatic rings. The second kappa shape index (κ2) is 10.5. The van der Waals surface area contributed by atoms with E-state index in [9.17, 15) is 14.0 Å². The van der Waals surface area contributed by atoms with Gasteiger partial charge in [0, 0.05) is 45.0 Å². The average molecular weight is 457 g/mol. The number of methoxy groups -OCH3 is 1. The van der Waals surface area contributed by atoms with Crippen LogP contribution in [0.4, 0.5) is 14.9 Å². The van der Waals surface area contributed by atoms with Crippen LogP contribution >= 0.6 is 0 Å². The van der Waals surface area contributed by atoms with Crippen molar-refractivity contribution in [1.82, 2.24) is 15.5 Å². The number of nitrogens with zero attached hydrogens (tertiary/aromatic N) is 1. The number of ether oxygens (including phenoxy) is 2. The van der Waals surface area contributed by atoms with Crippen molar-refractivity contribution >= 4 is 17.7 Å². The second-order valence-electron chi connectivity index (χ2n) is 8.29. The van der Waals surface area contributed by atoms with E-state index in [-0.39, 0.29) is 23.0 Å². The maximum absolute atomic E-state index is 14.0. The molecule has 0 radical (unpaired) electrons. The first kappa shape index (κ1) is 22.8. The van der Waals surface area contributed by atoms with Crippen LogP contribution in [-0.2, 0) is 6.54 Å². The summed E-state index contributed by atoms with van der Waals surface area (Å²) in [6, 6.07) is 9.74. The van der Waals surface area contributed by atoms with Crippen LogP contribution < -0.4 is 25.4 Å². The Morgan fingerprint density at radius 1 is 1.12 bits per heavy atom. The highest BCUT2D eigenvalue weighted by Crippen LogP contribution is 2.29. The predicted molar refractivity (Wildman–Crippen MR) is 122 cm³/mol. The van der Waals surface area contributed by atoms with Crippen LogP contribution in [0.2, 0.25) is 0 Å². The second-order valence-corrected chi connectivity index (χ2v) is 8.29. The van der Waals surface area contributed by atoms with Gasteiger partial charge in [-0.1, -0.05) is 6.07 Å². The number of nitrogens with one attached hydrogen (secondary N) is 3. The minimum atomic E-state index is -0.470. The SMILES string of the molecule is COc1ccc(CNc2ccc(OC(=O)N3CCNCC3)c(C(=O)NCC3CC3)c2)cc1F. The molecule has 2 aliphatic rings. The van der Waals surface area contributed by atoms with Crippen molar-refractivity contribution in [2.45, 2.75) is 19.4 Å². The van der Waals surface area contributed by atoms with Crippen LogP contribution in [-0.4, -0.2) is 56.7 Å². The molecule has 0 unspecified atom stereocenters. The first-order chi connectivity index (χ1) is 16.0. The molecular formula is C24H29FN4O4. The smallest absolute Gasteiger partial charge is 0.415 e. The normalized spacial score (nSPS) is 15.6. The van der Waals surface area contributed by atoms with E-state index in [4.69, 9.17) is 9.47 Å². The van der Waals surface area contributed by atoms with Gasteiger partial charge >= 0.3 is 6.09 Å². The summed E-state index contributed by atoms with van der Waals surface area (Å²) in [4.78, 5) is 27.1.